The van der Waals surface area contributed by atoms with E-state index in [0.29, 0.717) is 6.61 Å². The van der Waals surface area contributed by atoms with Crippen LogP contribution < -0.4 is 4.74 Å². The second-order valence-corrected chi connectivity index (χ2v) is 7.37. The van der Waals surface area contributed by atoms with E-state index in [-0.39, 0.29) is 5.41 Å². The van der Waals surface area contributed by atoms with Crippen LogP contribution in [0.3, 0.4) is 0 Å². The Bertz CT molecular complexity index is 759. The van der Waals surface area contributed by atoms with Gasteiger partial charge in [-0.2, -0.15) is 0 Å². The Balaban J connectivity index is 1.91. The molecule has 1 aromatic carbocycles. The minimum Gasteiger partial charge on any atom is -0.492 e. The molecule has 2 heterocycles. The van der Waals surface area contributed by atoms with Crippen LogP contribution in [0.2, 0.25) is 0 Å². The third-order valence-corrected chi connectivity index (χ3v) is 4.81. The fourth-order valence-corrected chi connectivity index (χ4v) is 3.60. The molecule has 0 amide bonds. The minimum absolute atomic E-state index is 0.00756. The van der Waals surface area contributed by atoms with E-state index in [4.69, 9.17) is 4.74 Å². The van der Waals surface area contributed by atoms with Gasteiger partial charge in [-0.3, -0.25) is 4.98 Å². The van der Waals surface area contributed by atoms with Gasteiger partial charge >= 0.3 is 0 Å². The normalized spacial score (nSPS) is 19.0. The van der Waals surface area contributed by atoms with Crippen molar-refractivity contribution in [2.45, 2.75) is 39.5 Å². The van der Waals surface area contributed by atoms with Gasteiger partial charge in [-0.25, -0.2) is 0 Å². The lowest BCUT2D eigenvalue weighted by molar-refractivity contribution is 0.224. The third-order valence-electron chi connectivity index (χ3n) is 4.81. The molecule has 1 aliphatic heterocycles. The van der Waals surface area contributed by atoms with E-state index in [1.807, 2.05) is 12.3 Å². The summed E-state index contributed by atoms with van der Waals surface area (Å²) in [6.45, 7) is 5.15. The molecular weight excluding hydrogens is 282 g/mol. The van der Waals surface area contributed by atoms with E-state index in [0.717, 1.165) is 11.4 Å². The van der Waals surface area contributed by atoms with Crippen molar-refractivity contribution in [3.05, 3.63) is 65.0 Å². The van der Waals surface area contributed by atoms with Crippen molar-refractivity contribution in [3.8, 4) is 5.75 Å². The Hall–Kier alpha value is -2.09. The molecule has 0 atom stereocenters. The van der Waals surface area contributed by atoms with E-state index >= 15 is 0 Å². The fourth-order valence-electron chi connectivity index (χ4n) is 3.60. The molecule has 0 radical (unpaired) electrons. The van der Waals surface area contributed by atoms with Crippen LogP contribution in [0.5, 0.6) is 5.75 Å². The SMILES string of the molecule is CC1(C)C=C(c2ccccn2)c2cc3c(cc2OC1)CCCC3. The maximum atomic E-state index is 6.20. The van der Waals surface area contributed by atoms with Crippen LogP contribution in [-0.4, -0.2) is 11.6 Å². The third kappa shape index (κ3) is 2.78. The summed E-state index contributed by atoms with van der Waals surface area (Å²) in [5, 5.41) is 0. The van der Waals surface area contributed by atoms with Crippen LogP contribution in [0.1, 0.15) is 49.1 Å². The van der Waals surface area contributed by atoms with E-state index in [1.165, 1.54) is 47.9 Å². The monoisotopic (exact) mass is 305 g/mol. The number of aryl methyl sites for hydroxylation is 2. The molecule has 118 valence electrons. The van der Waals surface area contributed by atoms with Gasteiger partial charge in [0.2, 0.25) is 0 Å². The maximum absolute atomic E-state index is 6.20. The van der Waals surface area contributed by atoms with Gasteiger partial charge in [0.1, 0.15) is 5.75 Å². The molecule has 0 N–H and O–H groups in total. The lowest BCUT2D eigenvalue weighted by Gasteiger charge is -2.20. The van der Waals surface area contributed by atoms with Crippen molar-refractivity contribution in [1.82, 2.24) is 4.98 Å². The first kappa shape index (κ1) is 14.5. The number of aromatic nitrogens is 1. The quantitative estimate of drug-likeness (QED) is 0.754. The first-order chi connectivity index (χ1) is 11.1. The van der Waals surface area contributed by atoms with E-state index in [1.54, 1.807) is 0 Å². The van der Waals surface area contributed by atoms with Crippen molar-refractivity contribution in [2.24, 2.45) is 5.41 Å². The Morgan fingerprint density at radius 2 is 1.83 bits per heavy atom. The van der Waals surface area contributed by atoms with Crippen LogP contribution in [0.4, 0.5) is 0 Å². The predicted octanol–water partition coefficient (Wildman–Crippen LogP) is 4.81. The molecule has 4 rings (SSSR count). The summed E-state index contributed by atoms with van der Waals surface area (Å²) < 4.78 is 6.20. The molecule has 1 aromatic heterocycles. The van der Waals surface area contributed by atoms with Crippen molar-refractivity contribution in [2.75, 3.05) is 6.61 Å². The largest absolute Gasteiger partial charge is 0.492 e. The van der Waals surface area contributed by atoms with E-state index < -0.39 is 0 Å². The summed E-state index contributed by atoms with van der Waals surface area (Å²) in [6, 6.07) is 10.8. The summed E-state index contributed by atoms with van der Waals surface area (Å²) in [6.07, 6.45) is 9.14. The standard InChI is InChI=1S/C21H23NO/c1-21(2)13-18(19-9-5-6-10-22-19)17-11-15-7-3-4-8-16(15)12-20(17)23-14-21/h5-6,9-13H,3-4,7-8,14H2,1-2H3. The summed E-state index contributed by atoms with van der Waals surface area (Å²) in [4.78, 5) is 4.60. The fraction of sp³-hybridized carbons (Fsp3) is 0.381. The molecule has 23 heavy (non-hydrogen) atoms. The van der Waals surface area contributed by atoms with Crippen LogP contribution >= 0.6 is 0 Å². The highest BCUT2D eigenvalue weighted by molar-refractivity contribution is 5.82. The van der Waals surface area contributed by atoms with Gasteiger partial charge in [-0.15, -0.1) is 0 Å². The second kappa shape index (κ2) is 5.52. The van der Waals surface area contributed by atoms with E-state index in [2.05, 4.69) is 49.2 Å². The topological polar surface area (TPSA) is 22.1 Å². The number of ether oxygens (including phenoxy) is 1. The van der Waals surface area contributed by atoms with E-state index in [9.17, 15) is 0 Å². The molecule has 2 nitrogen and oxygen atoms in total. The lowest BCUT2D eigenvalue weighted by atomic mass is 9.85. The minimum atomic E-state index is -0.00756. The molecule has 2 heteroatoms. The average Bonchev–Trinajstić information content (AvgIpc) is 2.70. The zero-order chi connectivity index (χ0) is 15.9. The van der Waals surface area contributed by atoms with Crippen LogP contribution in [-0.2, 0) is 12.8 Å². The second-order valence-electron chi connectivity index (χ2n) is 7.37. The number of benzene rings is 1. The molecule has 0 spiro atoms. The van der Waals surface area contributed by atoms with Crippen molar-refractivity contribution >= 4 is 5.57 Å². The molecule has 0 saturated heterocycles. The van der Waals surface area contributed by atoms with Gasteiger partial charge in [-0.1, -0.05) is 26.0 Å². The van der Waals surface area contributed by atoms with Gasteiger partial charge < -0.3 is 4.74 Å². The molecular formula is C21H23NO. The molecule has 0 saturated carbocycles. The van der Waals surface area contributed by atoms with Gasteiger partial charge in [0.15, 0.2) is 0 Å². The van der Waals surface area contributed by atoms with Crippen molar-refractivity contribution in [3.63, 3.8) is 0 Å². The number of pyridine rings is 1. The Morgan fingerprint density at radius 3 is 2.57 bits per heavy atom. The first-order valence-corrected chi connectivity index (χ1v) is 8.56. The zero-order valence-electron chi connectivity index (χ0n) is 13.9. The lowest BCUT2D eigenvalue weighted by Crippen LogP contribution is -2.17. The molecule has 0 fully saturated rings. The smallest absolute Gasteiger partial charge is 0.127 e. The molecule has 2 aromatic rings. The highest BCUT2D eigenvalue weighted by Crippen LogP contribution is 2.40. The Kier molecular flexibility index (Phi) is 3.48. The van der Waals surface area contributed by atoms with Gasteiger partial charge in [-0.05, 0) is 61.1 Å². The van der Waals surface area contributed by atoms with Crippen molar-refractivity contribution < 1.29 is 4.74 Å². The number of hydrogen-bond acceptors (Lipinski definition) is 2. The zero-order valence-corrected chi connectivity index (χ0v) is 13.9. The molecule has 0 unspecified atom stereocenters. The molecule has 0 bridgehead atoms. The number of nitrogens with zero attached hydrogens (tertiary/aromatic N) is 1. The molecule has 1 aliphatic carbocycles. The van der Waals surface area contributed by atoms with Gasteiger partial charge in [0.25, 0.3) is 0 Å². The summed E-state index contributed by atoms with van der Waals surface area (Å²) in [5.41, 5.74) is 6.39. The highest BCUT2D eigenvalue weighted by atomic mass is 16.5. The summed E-state index contributed by atoms with van der Waals surface area (Å²) >= 11 is 0. The van der Waals surface area contributed by atoms with Crippen molar-refractivity contribution in [1.29, 1.82) is 0 Å². The molecule has 2 aliphatic rings. The number of rotatable bonds is 1. The van der Waals surface area contributed by atoms with Crippen LogP contribution in [0.15, 0.2) is 42.6 Å². The Morgan fingerprint density at radius 1 is 1.04 bits per heavy atom. The van der Waals surface area contributed by atoms with Crippen LogP contribution in [0.25, 0.3) is 5.57 Å². The van der Waals surface area contributed by atoms with Crippen LogP contribution in [0, 0.1) is 5.41 Å². The summed E-state index contributed by atoms with van der Waals surface area (Å²) in [5.74, 6) is 1.02. The highest BCUT2D eigenvalue weighted by Gasteiger charge is 2.26. The Labute approximate surface area is 138 Å². The first-order valence-electron chi connectivity index (χ1n) is 8.56. The van der Waals surface area contributed by atoms with Gasteiger partial charge in [0.05, 0.1) is 12.3 Å². The summed E-state index contributed by atoms with van der Waals surface area (Å²) in [7, 11) is 0. The number of fused-ring (bicyclic) bond motifs is 2. The van der Waals surface area contributed by atoms with Gasteiger partial charge in [0, 0.05) is 22.7 Å². The number of hydrogen-bond donors (Lipinski definition) is 0. The maximum Gasteiger partial charge on any atom is 0.127 e. The predicted molar refractivity (Wildman–Crippen MR) is 93.7 cm³/mol. The average molecular weight is 305 g/mol.